The molecule has 0 saturated carbocycles. The summed E-state index contributed by atoms with van der Waals surface area (Å²) in [5.41, 5.74) is 4.12. The van der Waals surface area contributed by atoms with Crippen LogP contribution in [0.3, 0.4) is 0 Å². The van der Waals surface area contributed by atoms with Crippen LogP contribution in [-0.4, -0.2) is 52.8 Å². The van der Waals surface area contributed by atoms with Crippen LogP contribution in [0.1, 0.15) is 35.3 Å². The first kappa shape index (κ1) is 21.1. The van der Waals surface area contributed by atoms with E-state index in [0.29, 0.717) is 18.2 Å². The number of rotatable bonds is 7. The maximum atomic E-state index is 12.6. The average Bonchev–Trinajstić information content (AvgIpc) is 3.31. The quantitative estimate of drug-likeness (QED) is 0.640. The van der Waals surface area contributed by atoms with E-state index in [0.717, 1.165) is 43.9 Å². The third-order valence-corrected chi connectivity index (χ3v) is 5.89. The standard InChI is InChI=1S/C25H31N5O/c1-20(2)28-13-15-29(16-14-28)24-9-7-23(8-10-24)25(31)26-18-21-5-3-6-22(17-21)19-30-12-4-11-27-30/h3-12,17,20H,13-16,18-19H2,1-2H3,(H,26,31). The lowest BCUT2D eigenvalue weighted by molar-refractivity contribution is 0.0951. The van der Waals surface area contributed by atoms with Crippen molar-refractivity contribution in [3.05, 3.63) is 83.7 Å². The van der Waals surface area contributed by atoms with Gasteiger partial charge in [-0.15, -0.1) is 0 Å². The lowest BCUT2D eigenvalue weighted by Gasteiger charge is -2.38. The summed E-state index contributed by atoms with van der Waals surface area (Å²) < 4.78 is 1.89. The van der Waals surface area contributed by atoms with Gasteiger partial charge in [0.2, 0.25) is 0 Å². The molecule has 0 radical (unpaired) electrons. The van der Waals surface area contributed by atoms with E-state index in [1.807, 2.05) is 41.2 Å². The van der Waals surface area contributed by atoms with Gasteiger partial charge in [-0.2, -0.15) is 5.10 Å². The molecular formula is C25H31N5O. The molecule has 1 saturated heterocycles. The van der Waals surface area contributed by atoms with Crippen LogP contribution in [0.2, 0.25) is 0 Å². The third kappa shape index (κ3) is 5.52. The molecular weight excluding hydrogens is 386 g/mol. The first-order chi connectivity index (χ1) is 15.1. The predicted octanol–water partition coefficient (Wildman–Crippen LogP) is 3.39. The van der Waals surface area contributed by atoms with Crippen LogP contribution in [-0.2, 0) is 13.1 Å². The van der Waals surface area contributed by atoms with Crippen LogP contribution in [0.5, 0.6) is 0 Å². The Hall–Kier alpha value is -3.12. The number of aromatic nitrogens is 2. The number of piperazine rings is 1. The monoisotopic (exact) mass is 417 g/mol. The molecule has 0 atom stereocenters. The highest BCUT2D eigenvalue weighted by Gasteiger charge is 2.19. The first-order valence-corrected chi connectivity index (χ1v) is 11.0. The lowest BCUT2D eigenvalue weighted by Crippen LogP contribution is -2.48. The van der Waals surface area contributed by atoms with Gasteiger partial charge in [0.05, 0.1) is 6.54 Å². The van der Waals surface area contributed by atoms with E-state index < -0.39 is 0 Å². The SMILES string of the molecule is CC(C)N1CCN(c2ccc(C(=O)NCc3cccc(Cn4cccn4)c3)cc2)CC1. The molecule has 1 N–H and O–H groups in total. The fraction of sp³-hybridized carbons (Fsp3) is 0.360. The number of anilines is 1. The van der Waals surface area contributed by atoms with E-state index in [-0.39, 0.29) is 5.91 Å². The molecule has 0 aliphatic carbocycles. The van der Waals surface area contributed by atoms with E-state index in [1.165, 1.54) is 5.69 Å². The van der Waals surface area contributed by atoms with Crippen LogP contribution >= 0.6 is 0 Å². The van der Waals surface area contributed by atoms with E-state index in [9.17, 15) is 4.79 Å². The molecule has 31 heavy (non-hydrogen) atoms. The molecule has 0 spiro atoms. The van der Waals surface area contributed by atoms with Gasteiger partial charge in [0, 0.05) is 62.4 Å². The van der Waals surface area contributed by atoms with Crippen LogP contribution in [0.25, 0.3) is 0 Å². The van der Waals surface area contributed by atoms with Gasteiger partial charge in [-0.05, 0) is 55.3 Å². The number of nitrogens with zero attached hydrogens (tertiary/aromatic N) is 4. The number of benzene rings is 2. The van der Waals surface area contributed by atoms with Gasteiger partial charge in [-0.1, -0.05) is 24.3 Å². The van der Waals surface area contributed by atoms with Crippen LogP contribution < -0.4 is 10.2 Å². The number of nitrogens with one attached hydrogen (secondary N) is 1. The van der Waals surface area contributed by atoms with Gasteiger partial charge in [0.25, 0.3) is 5.91 Å². The highest BCUT2D eigenvalue weighted by atomic mass is 16.1. The normalized spacial score (nSPS) is 14.7. The van der Waals surface area contributed by atoms with Crippen LogP contribution in [0.4, 0.5) is 5.69 Å². The van der Waals surface area contributed by atoms with Crippen molar-refractivity contribution in [2.24, 2.45) is 0 Å². The van der Waals surface area contributed by atoms with E-state index >= 15 is 0 Å². The van der Waals surface area contributed by atoms with Crippen LogP contribution in [0, 0.1) is 0 Å². The summed E-state index contributed by atoms with van der Waals surface area (Å²) in [5.74, 6) is -0.0475. The molecule has 1 fully saturated rings. The van der Waals surface area contributed by atoms with Gasteiger partial charge in [0.15, 0.2) is 0 Å². The van der Waals surface area contributed by atoms with Gasteiger partial charge >= 0.3 is 0 Å². The van der Waals surface area contributed by atoms with E-state index in [4.69, 9.17) is 0 Å². The molecule has 0 unspecified atom stereocenters. The fourth-order valence-corrected chi connectivity index (χ4v) is 4.02. The Labute approximate surface area is 184 Å². The van der Waals surface area contributed by atoms with Crippen molar-refractivity contribution in [1.82, 2.24) is 20.0 Å². The van der Waals surface area contributed by atoms with Crippen LogP contribution in [0.15, 0.2) is 67.0 Å². The first-order valence-electron chi connectivity index (χ1n) is 11.0. The second kappa shape index (κ2) is 9.79. The highest BCUT2D eigenvalue weighted by molar-refractivity contribution is 5.94. The van der Waals surface area contributed by atoms with Gasteiger partial charge in [-0.3, -0.25) is 14.4 Å². The Morgan fingerprint density at radius 1 is 1.00 bits per heavy atom. The minimum atomic E-state index is -0.0475. The van der Waals surface area contributed by atoms with Crippen molar-refractivity contribution in [3.8, 4) is 0 Å². The Balaban J connectivity index is 1.30. The molecule has 0 bridgehead atoms. The minimum absolute atomic E-state index is 0.0475. The molecule has 6 nitrogen and oxygen atoms in total. The van der Waals surface area contributed by atoms with Crippen molar-refractivity contribution in [3.63, 3.8) is 0 Å². The zero-order chi connectivity index (χ0) is 21.6. The number of carbonyl (C=O) groups is 1. The third-order valence-electron chi connectivity index (χ3n) is 5.89. The Bertz CT molecular complexity index is 973. The van der Waals surface area contributed by atoms with E-state index in [1.54, 1.807) is 6.20 Å². The lowest BCUT2D eigenvalue weighted by atomic mass is 10.1. The summed E-state index contributed by atoms with van der Waals surface area (Å²) in [4.78, 5) is 17.5. The smallest absolute Gasteiger partial charge is 0.251 e. The molecule has 2 aromatic carbocycles. The number of amides is 1. The second-order valence-electron chi connectivity index (χ2n) is 8.37. The summed E-state index contributed by atoms with van der Waals surface area (Å²) in [7, 11) is 0. The largest absolute Gasteiger partial charge is 0.369 e. The molecule has 1 aliphatic rings. The predicted molar refractivity (Wildman–Crippen MR) is 124 cm³/mol. The average molecular weight is 418 g/mol. The Kier molecular flexibility index (Phi) is 6.67. The molecule has 6 heteroatoms. The molecule has 4 rings (SSSR count). The molecule has 1 amide bonds. The molecule has 162 valence electrons. The van der Waals surface area contributed by atoms with Crippen molar-refractivity contribution < 1.29 is 4.79 Å². The second-order valence-corrected chi connectivity index (χ2v) is 8.37. The minimum Gasteiger partial charge on any atom is -0.369 e. The number of hydrogen-bond acceptors (Lipinski definition) is 4. The van der Waals surface area contributed by atoms with Gasteiger partial charge in [-0.25, -0.2) is 0 Å². The maximum absolute atomic E-state index is 12.6. The molecule has 1 aliphatic heterocycles. The van der Waals surface area contributed by atoms with Crippen molar-refractivity contribution in [1.29, 1.82) is 0 Å². The van der Waals surface area contributed by atoms with Crippen molar-refractivity contribution >= 4 is 11.6 Å². The zero-order valence-corrected chi connectivity index (χ0v) is 18.4. The molecule has 3 aromatic rings. The van der Waals surface area contributed by atoms with E-state index in [2.05, 4.69) is 58.3 Å². The van der Waals surface area contributed by atoms with Gasteiger partial charge in [0.1, 0.15) is 0 Å². The summed E-state index contributed by atoms with van der Waals surface area (Å²) >= 11 is 0. The summed E-state index contributed by atoms with van der Waals surface area (Å²) in [6.07, 6.45) is 3.73. The van der Waals surface area contributed by atoms with Gasteiger partial charge < -0.3 is 10.2 Å². The summed E-state index contributed by atoms with van der Waals surface area (Å²) in [6, 6.07) is 18.7. The van der Waals surface area contributed by atoms with Crippen molar-refractivity contribution in [2.45, 2.75) is 33.0 Å². The summed E-state index contributed by atoms with van der Waals surface area (Å²) in [6.45, 7) is 9.94. The maximum Gasteiger partial charge on any atom is 0.251 e. The molecule has 2 heterocycles. The van der Waals surface area contributed by atoms with Crippen molar-refractivity contribution in [2.75, 3.05) is 31.1 Å². The molecule has 1 aromatic heterocycles. The highest BCUT2D eigenvalue weighted by Crippen LogP contribution is 2.18. The Morgan fingerprint density at radius 3 is 2.42 bits per heavy atom. The zero-order valence-electron chi connectivity index (χ0n) is 18.4. The summed E-state index contributed by atoms with van der Waals surface area (Å²) in [5, 5.41) is 7.29. The topological polar surface area (TPSA) is 53.4 Å². The number of hydrogen-bond donors (Lipinski definition) is 1. The Morgan fingerprint density at radius 2 is 1.74 bits per heavy atom. The fourth-order valence-electron chi connectivity index (χ4n) is 4.02. The number of carbonyl (C=O) groups excluding carboxylic acids is 1.